The highest BCUT2D eigenvalue weighted by Crippen LogP contribution is 2.32. The molecule has 0 aliphatic heterocycles. The highest BCUT2D eigenvalue weighted by atomic mass is 35.5. The van der Waals surface area contributed by atoms with Gasteiger partial charge in [0.1, 0.15) is 6.61 Å². The number of urea groups is 1. The Balaban J connectivity index is 1.85. The van der Waals surface area contributed by atoms with Crippen LogP contribution < -0.4 is 15.4 Å². The number of hydrogen-bond donors (Lipinski definition) is 2. The summed E-state index contributed by atoms with van der Waals surface area (Å²) in [4.78, 5) is 12.1. The van der Waals surface area contributed by atoms with E-state index < -0.39 is 0 Å². The lowest BCUT2D eigenvalue weighted by atomic mass is 10.1. The van der Waals surface area contributed by atoms with Gasteiger partial charge in [0.15, 0.2) is 5.75 Å². The van der Waals surface area contributed by atoms with Crippen LogP contribution in [0.4, 0.5) is 10.5 Å². The largest absolute Gasteiger partial charge is 0.487 e. The fourth-order valence-electron chi connectivity index (χ4n) is 2.23. The van der Waals surface area contributed by atoms with Gasteiger partial charge in [0, 0.05) is 13.2 Å². The molecule has 0 saturated heterocycles. The van der Waals surface area contributed by atoms with Crippen molar-refractivity contribution in [2.45, 2.75) is 13.3 Å². The van der Waals surface area contributed by atoms with Crippen LogP contribution >= 0.6 is 11.6 Å². The first-order valence-electron chi connectivity index (χ1n) is 8.28. The fourth-order valence-corrected chi connectivity index (χ4v) is 2.46. The van der Waals surface area contributed by atoms with Gasteiger partial charge in [-0.1, -0.05) is 48.0 Å². The summed E-state index contributed by atoms with van der Waals surface area (Å²) < 4.78 is 10.9. The summed E-state index contributed by atoms with van der Waals surface area (Å²) in [5.41, 5.74) is 1.70. The molecular formula is C19H23ClN2O3. The van der Waals surface area contributed by atoms with Gasteiger partial charge in [0.05, 0.1) is 17.3 Å². The minimum Gasteiger partial charge on any atom is -0.487 e. The molecule has 5 nitrogen and oxygen atoms in total. The van der Waals surface area contributed by atoms with Crippen LogP contribution in [0, 0.1) is 0 Å². The molecule has 0 fully saturated rings. The van der Waals surface area contributed by atoms with Crippen molar-refractivity contribution in [2.24, 2.45) is 0 Å². The average molecular weight is 363 g/mol. The number of nitrogens with one attached hydrogen (secondary N) is 2. The Morgan fingerprint density at radius 2 is 1.88 bits per heavy atom. The second-order valence-electron chi connectivity index (χ2n) is 5.28. The van der Waals surface area contributed by atoms with E-state index in [0.717, 1.165) is 6.42 Å². The molecule has 134 valence electrons. The fraction of sp³-hybridized carbons (Fsp3) is 0.316. The minimum absolute atomic E-state index is 0.298. The highest BCUT2D eigenvalue weighted by Gasteiger charge is 2.11. The number of halogens is 1. The smallest absolute Gasteiger partial charge is 0.319 e. The Bertz CT molecular complexity index is 665. The third-order valence-corrected chi connectivity index (χ3v) is 3.73. The predicted octanol–water partition coefficient (Wildman–Crippen LogP) is 4.12. The third kappa shape index (κ3) is 6.64. The molecule has 0 radical (unpaired) electrons. The molecule has 2 rings (SSSR count). The van der Waals surface area contributed by atoms with Gasteiger partial charge >= 0.3 is 6.03 Å². The summed E-state index contributed by atoms with van der Waals surface area (Å²) in [7, 11) is 0. The molecule has 2 amide bonds. The van der Waals surface area contributed by atoms with Crippen molar-refractivity contribution in [1.82, 2.24) is 5.32 Å². The first-order valence-corrected chi connectivity index (χ1v) is 8.66. The molecular weight excluding hydrogens is 340 g/mol. The van der Waals surface area contributed by atoms with Gasteiger partial charge in [-0.05, 0) is 31.0 Å². The minimum atomic E-state index is -0.298. The first kappa shape index (κ1) is 19.1. The molecule has 2 aromatic rings. The third-order valence-electron chi connectivity index (χ3n) is 3.44. The normalized spacial score (nSPS) is 10.3. The van der Waals surface area contributed by atoms with Crippen molar-refractivity contribution >= 4 is 23.3 Å². The lowest BCUT2D eigenvalue weighted by molar-refractivity contribution is 0.110. The lowest BCUT2D eigenvalue weighted by Crippen LogP contribution is -2.30. The number of amides is 2. The van der Waals surface area contributed by atoms with Gasteiger partial charge < -0.3 is 20.1 Å². The van der Waals surface area contributed by atoms with E-state index in [1.54, 1.807) is 18.2 Å². The molecule has 0 bridgehead atoms. The standard InChI is InChI=1S/C19H23ClN2O3/c1-2-24-13-14-25-18-16(20)9-6-10-17(18)22-19(23)21-12-11-15-7-4-3-5-8-15/h3-10H,2,11-14H2,1H3,(H2,21,22,23). The van der Waals surface area contributed by atoms with Gasteiger partial charge in [-0.25, -0.2) is 4.79 Å². The van der Waals surface area contributed by atoms with Crippen LogP contribution in [0.25, 0.3) is 0 Å². The number of carbonyl (C=O) groups is 1. The van der Waals surface area contributed by atoms with Crippen molar-refractivity contribution in [3.8, 4) is 5.75 Å². The highest BCUT2D eigenvalue weighted by molar-refractivity contribution is 6.32. The number of ether oxygens (including phenoxy) is 2. The van der Waals surface area contributed by atoms with E-state index in [1.807, 2.05) is 37.3 Å². The summed E-state index contributed by atoms with van der Waals surface area (Å²) in [6.45, 7) is 3.91. The van der Waals surface area contributed by atoms with E-state index >= 15 is 0 Å². The second kappa shape index (κ2) is 10.6. The zero-order valence-electron chi connectivity index (χ0n) is 14.3. The maximum absolute atomic E-state index is 12.1. The molecule has 0 heterocycles. The van der Waals surface area contributed by atoms with Gasteiger partial charge in [0.25, 0.3) is 0 Å². The first-order chi connectivity index (χ1) is 12.2. The molecule has 0 aliphatic carbocycles. The molecule has 0 atom stereocenters. The topological polar surface area (TPSA) is 59.6 Å². The Labute approximate surface area is 153 Å². The number of hydrogen-bond acceptors (Lipinski definition) is 3. The molecule has 0 saturated carbocycles. The van der Waals surface area contributed by atoms with Crippen molar-refractivity contribution in [3.05, 3.63) is 59.1 Å². The SMILES string of the molecule is CCOCCOc1c(Cl)cccc1NC(=O)NCCc1ccccc1. The maximum Gasteiger partial charge on any atom is 0.319 e. The van der Waals surface area contributed by atoms with Crippen LogP contribution in [0.15, 0.2) is 48.5 Å². The monoisotopic (exact) mass is 362 g/mol. The zero-order valence-corrected chi connectivity index (χ0v) is 15.0. The van der Waals surface area contributed by atoms with Crippen molar-refractivity contribution < 1.29 is 14.3 Å². The van der Waals surface area contributed by atoms with Crippen LogP contribution in [-0.4, -0.2) is 32.4 Å². The molecule has 0 aliphatic rings. The Hall–Kier alpha value is -2.24. The van der Waals surface area contributed by atoms with Crippen LogP contribution in [0.1, 0.15) is 12.5 Å². The van der Waals surface area contributed by atoms with Crippen molar-refractivity contribution in [3.63, 3.8) is 0 Å². The van der Waals surface area contributed by atoms with Crippen LogP contribution in [0.3, 0.4) is 0 Å². The maximum atomic E-state index is 12.1. The van der Waals surface area contributed by atoms with Gasteiger partial charge in [-0.15, -0.1) is 0 Å². The van der Waals surface area contributed by atoms with Crippen LogP contribution in [0.5, 0.6) is 5.75 Å². The van der Waals surface area contributed by atoms with E-state index in [1.165, 1.54) is 5.56 Å². The lowest BCUT2D eigenvalue weighted by Gasteiger charge is -2.14. The van der Waals surface area contributed by atoms with Gasteiger partial charge in [-0.3, -0.25) is 0 Å². The molecule has 0 unspecified atom stereocenters. The number of anilines is 1. The Kier molecular flexibility index (Phi) is 8.09. The molecule has 2 aromatic carbocycles. The van der Waals surface area contributed by atoms with E-state index in [0.29, 0.717) is 42.8 Å². The second-order valence-corrected chi connectivity index (χ2v) is 5.69. The van der Waals surface area contributed by atoms with E-state index in [2.05, 4.69) is 10.6 Å². The summed E-state index contributed by atoms with van der Waals surface area (Å²) in [6, 6.07) is 14.9. The summed E-state index contributed by atoms with van der Waals surface area (Å²) in [5.74, 6) is 0.446. The van der Waals surface area contributed by atoms with Crippen LogP contribution in [0.2, 0.25) is 5.02 Å². The summed E-state index contributed by atoms with van der Waals surface area (Å²) in [6.07, 6.45) is 0.765. The molecule has 0 spiro atoms. The van der Waals surface area contributed by atoms with Crippen LogP contribution in [-0.2, 0) is 11.2 Å². The molecule has 0 aromatic heterocycles. The zero-order chi connectivity index (χ0) is 17.9. The quantitative estimate of drug-likeness (QED) is 0.660. The number of para-hydroxylation sites is 1. The van der Waals surface area contributed by atoms with Crippen molar-refractivity contribution in [1.29, 1.82) is 0 Å². The van der Waals surface area contributed by atoms with Gasteiger partial charge in [0.2, 0.25) is 0 Å². The number of benzene rings is 2. The Morgan fingerprint density at radius 1 is 1.08 bits per heavy atom. The molecule has 6 heteroatoms. The average Bonchev–Trinajstić information content (AvgIpc) is 2.61. The van der Waals surface area contributed by atoms with Gasteiger partial charge in [-0.2, -0.15) is 0 Å². The molecule has 2 N–H and O–H groups in total. The van der Waals surface area contributed by atoms with E-state index in [4.69, 9.17) is 21.1 Å². The predicted molar refractivity (Wildman–Crippen MR) is 101 cm³/mol. The van der Waals surface area contributed by atoms with E-state index in [9.17, 15) is 4.79 Å². The number of carbonyl (C=O) groups excluding carboxylic acids is 1. The number of rotatable bonds is 9. The van der Waals surface area contributed by atoms with Crippen molar-refractivity contribution in [2.75, 3.05) is 31.7 Å². The van der Waals surface area contributed by atoms with E-state index in [-0.39, 0.29) is 6.03 Å². The Morgan fingerprint density at radius 3 is 2.64 bits per heavy atom. The molecule has 25 heavy (non-hydrogen) atoms. The summed E-state index contributed by atoms with van der Waals surface area (Å²) in [5, 5.41) is 6.05. The summed E-state index contributed by atoms with van der Waals surface area (Å²) >= 11 is 6.17.